The molecule has 3 rings (SSSR count). The zero-order valence-corrected chi connectivity index (χ0v) is 13.2. The van der Waals surface area contributed by atoms with Gasteiger partial charge in [0.15, 0.2) is 0 Å². The van der Waals surface area contributed by atoms with Gasteiger partial charge in [0.25, 0.3) is 0 Å². The lowest BCUT2D eigenvalue weighted by Crippen LogP contribution is -2.10. The maximum Gasteiger partial charge on any atom is 0.0463 e. The second kappa shape index (κ2) is 6.44. The monoisotopic (exact) mass is 303 g/mol. The van der Waals surface area contributed by atoms with Crippen molar-refractivity contribution in [3.63, 3.8) is 0 Å². The highest BCUT2D eigenvalue weighted by atomic mass is 15.1. The van der Waals surface area contributed by atoms with Crippen LogP contribution in [0.1, 0.15) is 12.5 Å². The molecule has 0 heterocycles. The molecule has 0 aromatic heterocycles. The third kappa shape index (κ3) is 3.29. The molecule has 0 unspecified atom stereocenters. The summed E-state index contributed by atoms with van der Waals surface area (Å²) in [6.07, 6.45) is 1.03. The van der Waals surface area contributed by atoms with E-state index < -0.39 is 0 Å². The van der Waals surface area contributed by atoms with Gasteiger partial charge in [-0.2, -0.15) is 0 Å². The highest BCUT2D eigenvalue weighted by Crippen LogP contribution is 2.35. The minimum absolute atomic E-state index is 0.757. The van der Waals surface area contributed by atoms with E-state index in [0.717, 1.165) is 34.9 Å². The van der Waals surface area contributed by atoms with E-state index in [9.17, 15) is 0 Å². The fraction of sp³-hybridized carbons (Fsp3) is 0.100. The van der Waals surface area contributed by atoms with Crippen molar-refractivity contribution < 1.29 is 0 Å². The molecule has 116 valence electrons. The van der Waals surface area contributed by atoms with Crippen LogP contribution in [-0.2, 0) is 6.42 Å². The van der Waals surface area contributed by atoms with Gasteiger partial charge in [0.2, 0.25) is 0 Å². The molecular formula is C20H21N3. The molecule has 0 saturated carbocycles. The minimum Gasteiger partial charge on any atom is -0.399 e. The van der Waals surface area contributed by atoms with E-state index in [2.05, 4.69) is 36.1 Å². The van der Waals surface area contributed by atoms with Crippen LogP contribution in [0.25, 0.3) is 0 Å². The number of aryl methyl sites for hydroxylation is 1. The molecule has 0 saturated heterocycles. The van der Waals surface area contributed by atoms with Crippen LogP contribution in [0.5, 0.6) is 0 Å². The minimum atomic E-state index is 0.757. The van der Waals surface area contributed by atoms with E-state index in [4.69, 9.17) is 11.5 Å². The van der Waals surface area contributed by atoms with E-state index >= 15 is 0 Å². The van der Waals surface area contributed by atoms with Crippen LogP contribution in [0.4, 0.5) is 28.4 Å². The Morgan fingerprint density at radius 3 is 1.30 bits per heavy atom. The van der Waals surface area contributed by atoms with E-state index in [0.29, 0.717) is 0 Å². The highest BCUT2D eigenvalue weighted by molar-refractivity contribution is 5.77. The third-order valence-electron chi connectivity index (χ3n) is 3.91. The van der Waals surface area contributed by atoms with Gasteiger partial charge in [0.1, 0.15) is 0 Å². The summed E-state index contributed by atoms with van der Waals surface area (Å²) in [6, 6.07) is 24.4. The van der Waals surface area contributed by atoms with E-state index in [-0.39, 0.29) is 0 Å². The van der Waals surface area contributed by atoms with E-state index in [1.807, 2.05) is 48.5 Å². The Balaban J connectivity index is 2.08. The summed E-state index contributed by atoms with van der Waals surface area (Å²) in [4.78, 5) is 2.19. The number of hydrogen-bond acceptors (Lipinski definition) is 3. The molecule has 0 amide bonds. The van der Waals surface area contributed by atoms with Crippen molar-refractivity contribution in [2.75, 3.05) is 16.4 Å². The Morgan fingerprint density at radius 1 is 0.609 bits per heavy atom. The van der Waals surface area contributed by atoms with Gasteiger partial charge in [0, 0.05) is 28.4 Å². The summed E-state index contributed by atoms with van der Waals surface area (Å²) < 4.78 is 0. The number of nitrogens with two attached hydrogens (primary N) is 2. The standard InChI is InChI=1S/C20H21N3/c1-2-15-3-9-18(10-4-15)23(19-11-5-16(21)6-12-19)20-13-7-17(22)8-14-20/h3-14H,2,21-22H2,1H3. The first-order chi connectivity index (χ1) is 11.2. The number of nitrogen functional groups attached to an aromatic ring is 2. The molecular weight excluding hydrogens is 282 g/mol. The molecule has 0 aliphatic rings. The van der Waals surface area contributed by atoms with E-state index in [1.165, 1.54) is 5.56 Å². The van der Waals surface area contributed by atoms with Gasteiger partial charge in [0.05, 0.1) is 0 Å². The zero-order chi connectivity index (χ0) is 16.2. The molecule has 0 spiro atoms. The van der Waals surface area contributed by atoms with Crippen LogP contribution < -0.4 is 16.4 Å². The van der Waals surface area contributed by atoms with Crippen LogP contribution in [0.3, 0.4) is 0 Å². The molecule has 0 fully saturated rings. The maximum absolute atomic E-state index is 5.83. The van der Waals surface area contributed by atoms with Crippen molar-refractivity contribution in [2.24, 2.45) is 0 Å². The van der Waals surface area contributed by atoms with Crippen molar-refractivity contribution in [3.05, 3.63) is 78.4 Å². The second-order valence-electron chi connectivity index (χ2n) is 5.54. The van der Waals surface area contributed by atoms with Gasteiger partial charge in [-0.3, -0.25) is 0 Å². The summed E-state index contributed by atoms with van der Waals surface area (Å²) >= 11 is 0. The lowest BCUT2D eigenvalue weighted by Gasteiger charge is -2.25. The number of hydrogen-bond donors (Lipinski definition) is 2. The summed E-state index contributed by atoms with van der Waals surface area (Å²) in [6.45, 7) is 2.16. The van der Waals surface area contributed by atoms with Crippen LogP contribution in [-0.4, -0.2) is 0 Å². The molecule has 0 aliphatic carbocycles. The molecule has 4 N–H and O–H groups in total. The number of rotatable bonds is 4. The number of benzene rings is 3. The first-order valence-electron chi connectivity index (χ1n) is 7.77. The topological polar surface area (TPSA) is 55.3 Å². The first kappa shape index (κ1) is 15.0. The highest BCUT2D eigenvalue weighted by Gasteiger charge is 2.12. The number of nitrogens with zero attached hydrogens (tertiary/aromatic N) is 1. The average molecular weight is 303 g/mol. The predicted molar refractivity (Wildman–Crippen MR) is 99.3 cm³/mol. The Morgan fingerprint density at radius 2 is 0.957 bits per heavy atom. The SMILES string of the molecule is CCc1ccc(N(c2ccc(N)cc2)c2ccc(N)cc2)cc1. The van der Waals surface area contributed by atoms with Gasteiger partial charge in [-0.25, -0.2) is 0 Å². The van der Waals surface area contributed by atoms with Gasteiger partial charge in [-0.05, 0) is 72.6 Å². The van der Waals surface area contributed by atoms with Gasteiger partial charge in [-0.1, -0.05) is 19.1 Å². The largest absolute Gasteiger partial charge is 0.399 e. The van der Waals surface area contributed by atoms with Crippen molar-refractivity contribution in [2.45, 2.75) is 13.3 Å². The third-order valence-corrected chi connectivity index (χ3v) is 3.91. The Hall–Kier alpha value is -2.94. The average Bonchev–Trinajstić information content (AvgIpc) is 2.59. The fourth-order valence-corrected chi connectivity index (χ4v) is 2.57. The second-order valence-corrected chi connectivity index (χ2v) is 5.54. The van der Waals surface area contributed by atoms with Crippen molar-refractivity contribution in [1.82, 2.24) is 0 Å². The summed E-state index contributed by atoms with van der Waals surface area (Å²) in [7, 11) is 0. The molecule has 0 bridgehead atoms. The fourth-order valence-electron chi connectivity index (χ4n) is 2.57. The quantitative estimate of drug-likeness (QED) is 0.675. The van der Waals surface area contributed by atoms with Crippen LogP contribution in [0.15, 0.2) is 72.8 Å². The molecule has 3 aromatic carbocycles. The van der Waals surface area contributed by atoms with Crippen molar-refractivity contribution in [3.8, 4) is 0 Å². The summed E-state index contributed by atoms with van der Waals surface area (Å²) in [5, 5.41) is 0. The normalized spacial score (nSPS) is 10.5. The maximum atomic E-state index is 5.83. The van der Waals surface area contributed by atoms with Gasteiger partial charge >= 0.3 is 0 Å². The number of anilines is 5. The Kier molecular flexibility index (Phi) is 4.20. The summed E-state index contributed by atoms with van der Waals surface area (Å²) in [5.41, 5.74) is 17.7. The molecule has 3 aromatic rings. The smallest absolute Gasteiger partial charge is 0.0463 e. The molecule has 3 nitrogen and oxygen atoms in total. The Labute approximate surface area is 137 Å². The summed E-state index contributed by atoms with van der Waals surface area (Å²) in [5.74, 6) is 0. The lowest BCUT2D eigenvalue weighted by atomic mass is 10.1. The molecule has 0 atom stereocenters. The Bertz CT molecular complexity index is 714. The molecule has 0 radical (unpaired) electrons. The van der Waals surface area contributed by atoms with Crippen LogP contribution in [0, 0.1) is 0 Å². The van der Waals surface area contributed by atoms with Gasteiger partial charge < -0.3 is 16.4 Å². The lowest BCUT2D eigenvalue weighted by molar-refractivity contribution is 1.14. The molecule has 23 heavy (non-hydrogen) atoms. The van der Waals surface area contributed by atoms with Crippen LogP contribution in [0.2, 0.25) is 0 Å². The first-order valence-corrected chi connectivity index (χ1v) is 7.77. The van der Waals surface area contributed by atoms with Crippen molar-refractivity contribution in [1.29, 1.82) is 0 Å². The molecule has 0 aliphatic heterocycles. The molecule has 3 heteroatoms. The van der Waals surface area contributed by atoms with Crippen LogP contribution >= 0.6 is 0 Å². The van der Waals surface area contributed by atoms with Crippen molar-refractivity contribution >= 4 is 28.4 Å². The predicted octanol–water partition coefficient (Wildman–Crippen LogP) is 4.88. The van der Waals surface area contributed by atoms with E-state index in [1.54, 1.807) is 0 Å². The van der Waals surface area contributed by atoms with Gasteiger partial charge in [-0.15, -0.1) is 0 Å². The zero-order valence-electron chi connectivity index (χ0n) is 13.2.